The molecule has 1 amide bonds. The van der Waals surface area contributed by atoms with Crippen molar-refractivity contribution in [3.05, 3.63) is 29.6 Å². The Morgan fingerprint density at radius 3 is 3.05 bits per heavy atom. The maximum absolute atomic E-state index is 13.4. The van der Waals surface area contributed by atoms with Gasteiger partial charge in [0, 0.05) is 6.07 Å². The molecule has 0 radical (unpaired) electrons. The molecule has 20 heavy (non-hydrogen) atoms. The summed E-state index contributed by atoms with van der Waals surface area (Å²) in [6, 6.07) is 5.75. The Morgan fingerprint density at radius 1 is 1.60 bits per heavy atom. The van der Waals surface area contributed by atoms with E-state index < -0.39 is 11.9 Å². The maximum atomic E-state index is 13.4. The average molecular weight is 279 g/mol. The van der Waals surface area contributed by atoms with E-state index in [1.54, 1.807) is 6.07 Å². The Bertz CT molecular complexity index is 544. The summed E-state index contributed by atoms with van der Waals surface area (Å²) in [6.07, 6.45) is 0.428. The fourth-order valence-corrected chi connectivity index (χ4v) is 1.98. The van der Waals surface area contributed by atoms with Crippen molar-refractivity contribution in [2.75, 3.05) is 6.61 Å². The molecular weight excluding hydrogens is 265 g/mol. The van der Waals surface area contributed by atoms with Gasteiger partial charge in [0.15, 0.2) is 0 Å². The van der Waals surface area contributed by atoms with Crippen LogP contribution in [0.1, 0.15) is 18.4 Å². The van der Waals surface area contributed by atoms with Crippen LogP contribution in [0.2, 0.25) is 0 Å². The number of hydrogen-bond acceptors (Lipinski definition) is 5. The van der Waals surface area contributed by atoms with Gasteiger partial charge in [-0.25, -0.2) is 10.2 Å². The number of benzene rings is 1. The van der Waals surface area contributed by atoms with Crippen LogP contribution in [-0.4, -0.2) is 24.7 Å². The van der Waals surface area contributed by atoms with Crippen LogP contribution in [0.5, 0.6) is 5.75 Å². The molecule has 7 heteroatoms. The highest BCUT2D eigenvalue weighted by molar-refractivity contribution is 5.80. The van der Waals surface area contributed by atoms with Gasteiger partial charge in [-0.05, 0) is 25.0 Å². The fraction of sp³-hybridized carbons (Fsp3) is 0.385. The van der Waals surface area contributed by atoms with Crippen LogP contribution < -0.4 is 16.0 Å². The van der Waals surface area contributed by atoms with Crippen molar-refractivity contribution in [2.45, 2.75) is 25.0 Å². The molecule has 6 nitrogen and oxygen atoms in total. The zero-order chi connectivity index (χ0) is 14.5. The molecule has 1 fully saturated rings. The van der Waals surface area contributed by atoms with E-state index in [-0.39, 0.29) is 24.2 Å². The summed E-state index contributed by atoms with van der Waals surface area (Å²) < 4.78 is 24.2. The van der Waals surface area contributed by atoms with Gasteiger partial charge in [0.2, 0.25) is 0 Å². The molecule has 1 aromatic carbocycles. The lowest BCUT2D eigenvalue weighted by atomic mass is 10.2. The number of nitriles is 1. The Morgan fingerprint density at radius 2 is 2.40 bits per heavy atom. The zero-order valence-electron chi connectivity index (χ0n) is 10.6. The van der Waals surface area contributed by atoms with Gasteiger partial charge >= 0.3 is 0 Å². The number of hydrazine groups is 1. The number of halogens is 1. The fourth-order valence-electron chi connectivity index (χ4n) is 1.98. The van der Waals surface area contributed by atoms with Gasteiger partial charge in [0.05, 0.1) is 11.7 Å². The number of amides is 1. The number of nitrogens with two attached hydrogens (primary N) is 1. The van der Waals surface area contributed by atoms with Gasteiger partial charge in [-0.2, -0.15) is 5.26 Å². The predicted octanol–water partition coefficient (Wildman–Crippen LogP) is 0.614. The molecule has 0 aliphatic carbocycles. The van der Waals surface area contributed by atoms with Gasteiger partial charge < -0.3 is 9.47 Å². The molecule has 2 atom stereocenters. The van der Waals surface area contributed by atoms with E-state index in [0.29, 0.717) is 18.6 Å². The molecular formula is C13H14FN3O3. The molecule has 2 rings (SSSR count). The van der Waals surface area contributed by atoms with Crippen LogP contribution >= 0.6 is 0 Å². The summed E-state index contributed by atoms with van der Waals surface area (Å²) >= 11 is 0. The normalized spacial score (nSPS) is 21.2. The van der Waals surface area contributed by atoms with Crippen molar-refractivity contribution >= 4 is 5.91 Å². The number of rotatable bonds is 4. The molecule has 0 saturated carbocycles. The van der Waals surface area contributed by atoms with Crippen LogP contribution in [0.15, 0.2) is 18.2 Å². The minimum Gasteiger partial charge on any atom is -0.491 e. The molecule has 2 unspecified atom stereocenters. The third kappa shape index (κ3) is 3.23. The molecule has 1 aliphatic heterocycles. The number of carbonyl (C=O) groups excluding carboxylic acids is 1. The second-order valence-electron chi connectivity index (χ2n) is 4.40. The monoisotopic (exact) mass is 279 g/mol. The molecule has 0 bridgehead atoms. The van der Waals surface area contributed by atoms with Gasteiger partial charge in [-0.15, -0.1) is 0 Å². The second-order valence-corrected chi connectivity index (χ2v) is 4.40. The molecule has 0 spiro atoms. The van der Waals surface area contributed by atoms with Crippen LogP contribution in [-0.2, 0) is 9.53 Å². The molecule has 3 N–H and O–H groups in total. The van der Waals surface area contributed by atoms with Crippen molar-refractivity contribution in [3.63, 3.8) is 0 Å². The number of nitrogens with one attached hydrogen (secondary N) is 1. The first-order valence-corrected chi connectivity index (χ1v) is 6.12. The largest absolute Gasteiger partial charge is 0.491 e. The van der Waals surface area contributed by atoms with E-state index in [0.717, 1.165) is 6.07 Å². The number of ether oxygens (including phenoxy) is 2. The van der Waals surface area contributed by atoms with Crippen molar-refractivity contribution in [2.24, 2.45) is 5.84 Å². The van der Waals surface area contributed by atoms with Gasteiger partial charge in [-0.3, -0.25) is 10.2 Å². The van der Waals surface area contributed by atoms with Crippen molar-refractivity contribution in [3.8, 4) is 11.8 Å². The summed E-state index contributed by atoms with van der Waals surface area (Å²) in [5.41, 5.74) is 2.00. The SMILES string of the molecule is N#Cc1ccc(OCC2CCC(C(=O)NN)O2)cc1F. The highest BCUT2D eigenvalue weighted by Crippen LogP contribution is 2.22. The van der Waals surface area contributed by atoms with E-state index >= 15 is 0 Å². The second kappa shape index (κ2) is 6.32. The summed E-state index contributed by atoms with van der Waals surface area (Å²) in [5.74, 6) is 4.35. The summed E-state index contributed by atoms with van der Waals surface area (Å²) in [7, 11) is 0. The lowest BCUT2D eigenvalue weighted by molar-refractivity contribution is -0.132. The first-order valence-electron chi connectivity index (χ1n) is 6.12. The summed E-state index contributed by atoms with van der Waals surface area (Å²) in [6.45, 7) is 0.208. The highest BCUT2D eigenvalue weighted by Gasteiger charge is 2.30. The minimum absolute atomic E-state index is 0.0332. The summed E-state index contributed by atoms with van der Waals surface area (Å²) in [5, 5.41) is 8.62. The van der Waals surface area contributed by atoms with Crippen LogP contribution in [0.4, 0.5) is 4.39 Å². The van der Waals surface area contributed by atoms with Gasteiger partial charge in [0.25, 0.3) is 5.91 Å². The predicted molar refractivity (Wildman–Crippen MR) is 66.8 cm³/mol. The van der Waals surface area contributed by atoms with E-state index in [4.69, 9.17) is 20.6 Å². The lowest BCUT2D eigenvalue weighted by Crippen LogP contribution is -2.39. The van der Waals surface area contributed by atoms with E-state index in [1.807, 2.05) is 5.43 Å². The zero-order valence-corrected chi connectivity index (χ0v) is 10.6. The van der Waals surface area contributed by atoms with Crippen LogP contribution in [0.3, 0.4) is 0 Å². The number of nitrogens with zero attached hydrogens (tertiary/aromatic N) is 1. The Hall–Kier alpha value is -2.17. The van der Waals surface area contributed by atoms with Crippen molar-refractivity contribution in [1.29, 1.82) is 5.26 Å². The third-order valence-corrected chi connectivity index (χ3v) is 3.04. The molecule has 1 heterocycles. The van der Waals surface area contributed by atoms with E-state index in [1.165, 1.54) is 12.1 Å². The molecule has 1 saturated heterocycles. The first kappa shape index (κ1) is 14.2. The topological polar surface area (TPSA) is 97.4 Å². The average Bonchev–Trinajstić information content (AvgIpc) is 2.93. The Labute approximate surface area is 115 Å². The third-order valence-electron chi connectivity index (χ3n) is 3.04. The minimum atomic E-state index is -0.627. The highest BCUT2D eigenvalue weighted by atomic mass is 19.1. The molecule has 106 valence electrons. The maximum Gasteiger partial charge on any atom is 0.263 e. The summed E-state index contributed by atoms with van der Waals surface area (Å²) in [4.78, 5) is 11.3. The van der Waals surface area contributed by atoms with E-state index in [2.05, 4.69) is 0 Å². The van der Waals surface area contributed by atoms with Crippen LogP contribution in [0, 0.1) is 17.1 Å². The van der Waals surface area contributed by atoms with E-state index in [9.17, 15) is 9.18 Å². The lowest BCUT2D eigenvalue weighted by Gasteiger charge is -2.13. The number of hydrogen-bond donors (Lipinski definition) is 2. The van der Waals surface area contributed by atoms with Crippen molar-refractivity contribution < 1.29 is 18.7 Å². The quantitative estimate of drug-likeness (QED) is 0.478. The molecule has 0 aromatic heterocycles. The van der Waals surface area contributed by atoms with Crippen molar-refractivity contribution in [1.82, 2.24) is 5.43 Å². The number of carbonyl (C=O) groups is 1. The standard InChI is InChI=1S/C13H14FN3O3/c14-11-5-9(2-1-8(11)6-15)19-7-10-3-4-12(20-10)13(18)17-16/h1-2,5,10,12H,3-4,7,16H2,(H,17,18). The first-order chi connectivity index (χ1) is 9.63. The van der Waals surface area contributed by atoms with Gasteiger partial charge in [-0.1, -0.05) is 0 Å². The van der Waals surface area contributed by atoms with Crippen LogP contribution in [0.25, 0.3) is 0 Å². The molecule has 1 aromatic rings. The Kier molecular flexibility index (Phi) is 4.50. The Balaban J connectivity index is 1.86. The molecule has 1 aliphatic rings. The van der Waals surface area contributed by atoms with Gasteiger partial charge in [0.1, 0.15) is 30.3 Å². The smallest absolute Gasteiger partial charge is 0.263 e.